The molecule has 0 radical (unpaired) electrons. The molecule has 2 aromatic heterocycles. The molecule has 0 amide bonds. The molecule has 3 heteroatoms. The second-order valence-corrected chi connectivity index (χ2v) is 5.85. The summed E-state index contributed by atoms with van der Waals surface area (Å²) in [5, 5.41) is 3.33. The first-order valence-corrected chi connectivity index (χ1v) is 6.37. The van der Waals surface area contributed by atoms with Gasteiger partial charge in [-0.1, -0.05) is 13.8 Å². The molecule has 0 spiro atoms. The third-order valence-corrected chi connectivity index (χ3v) is 4.28. The second-order valence-electron chi connectivity index (χ2n) is 3.67. The maximum Gasteiger partial charge on any atom is 0.124 e. The van der Waals surface area contributed by atoms with Crippen LogP contribution in [0.2, 0.25) is 0 Å². The summed E-state index contributed by atoms with van der Waals surface area (Å²) in [6.45, 7) is 6.54. The van der Waals surface area contributed by atoms with Crippen molar-refractivity contribution in [2.45, 2.75) is 26.7 Å². The molecule has 14 heavy (non-hydrogen) atoms. The normalized spacial score (nSPS) is 11.1. The lowest BCUT2D eigenvalue weighted by molar-refractivity contribution is 0.885. The predicted octanol–water partition coefficient (Wildman–Crippen LogP) is 4.30. The molecule has 2 aromatic rings. The van der Waals surface area contributed by atoms with E-state index in [1.165, 1.54) is 15.3 Å². The molecule has 1 nitrogen and oxygen atoms in total. The summed E-state index contributed by atoms with van der Waals surface area (Å²) in [6.07, 6.45) is 2.00. The molecule has 74 valence electrons. The summed E-state index contributed by atoms with van der Waals surface area (Å²) < 4.78 is 0. The molecule has 0 aromatic carbocycles. The lowest BCUT2D eigenvalue weighted by Crippen LogP contribution is -1.77. The van der Waals surface area contributed by atoms with E-state index in [1.54, 1.807) is 22.7 Å². The van der Waals surface area contributed by atoms with E-state index in [-0.39, 0.29) is 0 Å². The highest BCUT2D eigenvalue weighted by Crippen LogP contribution is 2.31. The molecular weight excluding hydrogens is 210 g/mol. The van der Waals surface area contributed by atoms with E-state index < -0.39 is 0 Å². The first-order chi connectivity index (χ1) is 6.66. The predicted molar refractivity (Wildman–Crippen MR) is 64.3 cm³/mol. The molecule has 2 heterocycles. The number of thiazole rings is 1. The summed E-state index contributed by atoms with van der Waals surface area (Å²) >= 11 is 3.59. The Balaban J connectivity index is 2.33. The minimum Gasteiger partial charge on any atom is -0.244 e. The Hall–Kier alpha value is -0.670. The fourth-order valence-corrected chi connectivity index (χ4v) is 2.91. The quantitative estimate of drug-likeness (QED) is 0.739. The van der Waals surface area contributed by atoms with E-state index >= 15 is 0 Å². The molecule has 0 aliphatic carbocycles. The first kappa shape index (κ1) is 9.87. The van der Waals surface area contributed by atoms with Crippen molar-refractivity contribution in [3.8, 4) is 10.6 Å². The average molecular weight is 223 g/mol. The van der Waals surface area contributed by atoms with Crippen molar-refractivity contribution in [2.24, 2.45) is 0 Å². The first-order valence-electron chi connectivity index (χ1n) is 4.68. The van der Waals surface area contributed by atoms with Crippen LogP contribution in [0.4, 0.5) is 0 Å². The fourth-order valence-electron chi connectivity index (χ4n) is 1.24. The van der Waals surface area contributed by atoms with E-state index in [2.05, 4.69) is 37.2 Å². The van der Waals surface area contributed by atoms with E-state index in [4.69, 9.17) is 0 Å². The van der Waals surface area contributed by atoms with Crippen LogP contribution >= 0.6 is 22.7 Å². The van der Waals surface area contributed by atoms with Crippen LogP contribution in [-0.2, 0) is 0 Å². The maximum absolute atomic E-state index is 4.45. The highest BCUT2D eigenvalue weighted by atomic mass is 32.1. The zero-order valence-corrected chi connectivity index (χ0v) is 10.2. The SMILES string of the molecule is Cc1cc(-c2ncc(C(C)C)s2)cs1. The van der Waals surface area contributed by atoms with Gasteiger partial charge in [0.05, 0.1) is 0 Å². The van der Waals surface area contributed by atoms with Crippen molar-refractivity contribution in [2.75, 3.05) is 0 Å². The third kappa shape index (κ3) is 1.88. The van der Waals surface area contributed by atoms with Gasteiger partial charge in [0.15, 0.2) is 0 Å². The summed E-state index contributed by atoms with van der Waals surface area (Å²) in [5.74, 6) is 0.584. The Kier molecular flexibility index (Phi) is 2.70. The van der Waals surface area contributed by atoms with E-state index in [0.29, 0.717) is 5.92 Å². The molecule has 0 aliphatic heterocycles. The second kappa shape index (κ2) is 3.83. The Morgan fingerprint density at radius 2 is 2.14 bits per heavy atom. The van der Waals surface area contributed by atoms with Gasteiger partial charge in [-0.25, -0.2) is 4.98 Å². The number of nitrogens with zero attached hydrogens (tertiary/aromatic N) is 1. The molecule has 0 saturated carbocycles. The molecular formula is C11H13NS2. The maximum atomic E-state index is 4.45. The van der Waals surface area contributed by atoms with Crippen LogP contribution in [0, 0.1) is 6.92 Å². The van der Waals surface area contributed by atoms with Crippen LogP contribution in [0.1, 0.15) is 29.5 Å². The van der Waals surface area contributed by atoms with Gasteiger partial charge in [-0.15, -0.1) is 22.7 Å². The summed E-state index contributed by atoms with van der Waals surface area (Å²) in [6, 6.07) is 2.20. The smallest absolute Gasteiger partial charge is 0.124 e. The summed E-state index contributed by atoms with van der Waals surface area (Å²) in [7, 11) is 0. The molecule has 2 rings (SSSR count). The topological polar surface area (TPSA) is 12.9 Å². The zero-order chi connectivity index (χ0) is 10.1. The fraction of sp³-hybridized carbons (Fsp3) is 0.364. The minimum absolute atomic E-state index is 0.584. The van der Waals surface area contributed by atoms with Crippen LogP contribution in [0.3, 0.4) is 0 Å². The highest BCUT2D eigenvalue weighted by Gasteiger charge is 2.08. The van der Waals surface area contributed by atoms with Gasteiger partial charge in [-0.3, -0.25) is 0 Å². The third-order valence-electron chi connectivity index (χ3n) is 2.07. The van der Waals surface area contributed by atoms with Crippen LogP contribution in [-0.4, -0.2) is 4.98 Å². The van der Waals surface area contributed by atoms with Gasteiger partial charge in [0.1, 0.15) is 5.01 Å². The van der Waals surface area contributed by atoms with Gasteiger partial charge >= 0.3 is 0 Å². The largest absolute Gasteiger partial charge is 0.244 e. The van der Waals surface area contributed by atoms with Gasteiger partial charge in [0, 0.05) is 26.9 Å². The van der Waals surface area contributed by atoms with Crippen molar-refractivity contribution >= 4 is 22.7 Å². The molecule has 0 N–H and O–H groups in total. The van der Waals surface area contributed by atoms with Gasteiger partial charge < -0.3 is 0 Å². The number of hydrogen-bond acceptors (Lipinski definition) is 3. The van der Waals surface area contributed by atoms with E-state index in [0.717, 1.165) is 5.01 Å². The lowest BCUT2D eigenvalue weighted by Gasteiger charge is -1.95. The molecule has 0 bridgehead atoms. The number of hydrogen-bond donors (Lipinski definition) is 0. The molecule has 0 unspecified atom stereocenters. The average Bonchev–Trinajstić information content (AvgIpc) is 2.70. The summed E-state index contributed by atoms with van der Waals surface area (Å²) in [5.41, 5.74) is 1.27. The molecule has 0 atom stereocenters. The monoisotopic (exact) mass is 223 g/mol. The molecule has 0 fully saturated rings. The molecule has 0 aliphatic rings. The Bertz CT molecular complexity index is 426. The molecule has 0 saturated heterocycles. The number of aromatic nitrogens is 1. The zero-order valence-electron chi connectivity index (χ0n) is 8.57. The van der Waals surface area contributed by atoms with Crippen LogP contribution in [0.15, 0.2) is 17.6 Å². The number of aryl methyl sites for hydroxylation is 1. The lowest BCUT2D eigenvalue weighted by atomic mass is 10.2. The van der Waals surface area contributed by atoms with Gasteiger partial charge in [0.25, 0.3) is 0 Å². The Morgan fingerprint density at radius 1 is 1.36 bits per heavy atom. The van der Waals surface area contributed by atoms with Crippen molar-refractivity contribution in [3.63, 3.8) is 0 Å². The number of rotatable bonds is 2. The standard InChI is InChI=1S/C11H13NS2/c1-7(2)10-5-12-11(14-10)9-4-8(3)13-6-9/h4-7H,1-3H3. The minimum atomic E-state index is 0.584. The van der Waals surface area contributed by atoms with Crippen molar-refractivity contribution in [3.05, 3.63) is 27.4 Å². The highest BCUT2D eigenvalue weighted by molar-refractivity contribution is 7.15. The Morgan fingerprint density at radius 3 is 2.64 bits per heavy atom. The van der Waals surface area contributed by atoms with E-state index in [1.807, 2.05) is 6.20 Å². The summed E-state index contributed by atoms with van der Waals surface area (Å²) in [4.78, 5) is 7.16. The number of thiophene rings is 1. The van der Waals surface area contributed by atoms with Crippen molar-refractivity contribution in [1.82, 2.24) is 4.98 Å². The van der Waals surface area contributed by atoms with Crippen LogP contribution < -0.4 is 0 Å². The van der Waals surface area contributed by atoms with Gasteiger partial charge in [0.2, 0.25) is 0 Å². The van der Waals surface area contributed by atoms with E-state index in [9.17, 15) is 0 Å². The van der Waals surface area contributed by atoms with Crippen molar-refractivity contribution in [1.29, 1.82) is 0 Å². The van der Waals surface area contributed by atoms with Gasteiger partial charge in [-0.05, 0) is 18.9 Å². The van der Waals surface area contributed by atoms with Crippen molar-refractivity contribution < 1.29 is 0 Å². The van der Waals surface area contributed by atoms with Crippen LogP contribution in [0.25, 0.3) is 10.6 Å². The Labute approximate surface area is 92.4 Å². The van der Waals surface area contributed by atoms with Gasteiger partial charge in [-0.2, -0.15) is 0 Å². The van der Waals surface area contributed by atoms with Crippen LogP contribution in [0.5, 0.6) is 0 Å².